The minimum atomic E-state index is -0.251. The first kappa shape index (κ1) is 15.6. The Morgan fingerprint density at radius 3 is 3.00 bits per heavy atom. The van der Waals surface area contributed by atoms with Crippen LogP contribution >= 0.6 is 0 Å². The van der Waals surface area contributed by atoms with E-state index in [1.807, 2.05) is 29.2 Å². The molecular formula is C17H20N6O2. The molecule has 4 rings (SSSR count). The van der Waals surface area contributed by atoms with Gasteiger partial charge in [0, 0.05) is 12.7 Å². The maximum atomic E-state index is 12.9. The smallest absolute Gasteiger partial charge is 0.326 e. The zero-order chi connectivity index (χ0) is 17.2. The van der Waals surface area contributed by atoms with E-state index in [1.54, 1.807) is 17.1 Å². The Morgan fingerprint density at radius 2 is 2.16 bits per heavy atom. The summed E-state index contributed by atoms with van der Waals surface area (Å²) in [6, 6.07) is 7.51. The number of piperidine rings is 1. The number of nitrogens with zero attached hydrogens (tertiary/aromatic N) is 5. The normalized spacial score (nSPS) is 17.9. The zero-order valence-corrected chi connectivity index (χ0v) is 13.8. The molecule has 1 atom stereocenters. The van der Waals surface area contributed by atoms with Crippen molar-refractivity contribution in [2.24, 2.45) is 0 Å². The summed E-state index contributed by atoms with van der Waals surface area (Å²) >= 11 is 0. The number of likely N-dealkylation sites (tertiary alicyclic amines) is 1. The minimum absolute atomic E-state index is 0.0309. The molecule has 0 radical (unpaired) electrons. The number of para-hydroxylation sites is 2. The molecule has 1 fully saturated rings. The molecule has 130 valence electrons. The number of nitrogens with one attached hydrogen (secondary N) is 1. The van der Waals surface area contributed by atoms with Crippen LogP contribution in [-0.4, -0.2) is 47.9 Å². The first-order chi connectivity index (χ1) is 12.2. The van der Waals surface area contributed by atoms with Crippen LogP contribution in [0.1, 0.15) is 19.3 Å². The molecule has 2 aromatic heterocycles. The molecule has 0 saturated carbocycles. The number of benzene rings is 1. The topological polar surface area (TPSA) is 88.8 Å². The average molecular weight is 340 g/mol. The summed E-state index contributed by atoms with van der Waals surface area (Å²) in [6.07, 6.45) is 6.47. The summed E-state index contributed by atoms with van der Waals surface area (Å²) in [4.78, 5) is 29.8. The molecule has 1 N–H and O–H groups in total. The fourth-order valence-corrected chi connectivity index (χ4v) is 3.55. The number of carbonyl (C=O) groups is 1. The molecule has 1 saturated heterocycles. The van der Waals surface area contributed by atoms with Crippen molar-refractivity contribution in [1.82, 2.24) is 29.4 Å². The van der Waals surface area contributed by atoms with Gasteiger partial charge < -0.3 is 9.88 Å². The van der Waals surface area contributed by atoms with Crippen LogP contribution in [0.2, 0.25) is 0 Å². The molecule has 8 nitrogen and oxygen atoms in total. The van der Waals surface area contributed by atoms with Crippen molar-refractivity contribution in [3.05, 3.63) is 47.1 Å². The van der Waals surface area contributed by atoms with Crippen molar-refractivity contribution >= 4 is 16.9 Å². The van der Waals surface area contributed by atoms with Gasteiger partial charge in [0.2, 0.25) is 5.91 Å². The molecule has 0 aliphatic carbocycles. The van der Waals surface area contributed by atoms with Gasteiger partial charge in [0.05, 0.1) is 29.8 Å². The third-order valence-corrected chi connectivity index (χ3v) is 4.79. The Morgan fingerprint density at radius 1 is 1.28 bits per heavy atom. The van der Waals surface area contributed by atoms with Crippen molar-refractivity contribution in [3.63, 3.8) is 0 Å². The lowest BCUT2D eigenvalue weighted by molar-refractivity contribution is -0.135. The molecule has 1 aliphatic rings. The fourth-order valence-electron chi connectivity index (χ4n) is 3.55. The SMILES string of the molecule is O=C(Cn1c(=O)[nH]c2ccccc21)N1CCCCC1Cn1ccnn1. The average Bonchev–Trinajstić information content (AvgIpc) is 3.24. The second-order valence-corrected chi connectivity index (χ2v) is 6.40. The molecule has 3 heterocycles. The number of fused-ring (bicyclic) bond motifs is 1. The van der Waals surface area contributed by atoms with E-state index in [9.17, 15) is 9.59 Å². The minimum Gasteiger partial charge on any atom is -0.336 e. The number of aromatic nitrogens is 5. The van der Waals surface area contributed by atoms with Gasteiger partial charge in [0.15, 0.2) is 0 Å². The van der Waals surface area contributed by atoms with Crippen LogP contribution in [0.5, 0.6) is 0 Å². The summed E-state index contributed by atoms with van der Waals surface area (Å²) in [5.74, 6) is -0.0309. The van der Waals surface area contributed by atoms with Gasteiger partial charge in [-0.25, -0.2) is 4.79 Å². The number of amides is 1. The van der Waals surface area contributed by atoms with Crippen LogP contribution in [0.25, 0.3) is 11.0 Å². The van der Waals surface area contributed by atoms with E-state index >= 15 is 0 Å². The van der Waals surface area contributed by atoms with Crippen LogP contribution < -0.4 is 5.69 Å². The summed E-state index contributed by atoms with van der Waals surface area (Å²) in [5, 5.41) is 7.83. The van der Waals surface area contributed by atoms with E-state index in [0.717, 1.165) is 36.8 Å². The molecule has 1 aromatic carbocycles. The maximum Gasteiger partial charge on any atom is 0.326 e. The Bertz CT molecular complexity index is 926. The van der Waals surface area contributed by atoms with Gasteiger partial charge in [0.1, 0.15) is 6.54 Å². The van der Waals surface area contributed by atoms with Gasteiger partial charge >= 0.3 is 5.69 Å². The van der Waals surface area contributed by atoms with Crippen LogP contribution in [0, 0.1) is 0 Å². The summed E-state index contributed by atoms with van der Waals surface area (Å²) in [6.45, 7) is 1.40. The van der Waals surface area contributed by atoms with E-state index in [-0.39, 0.29) is 24.2 Å². The Balaban J connectivity index is 1.56. The second-order valence-electron chi connectivity index (χ2n) is 6.40. The van der Waals surface area contributed by atoms with Crippen molar-refractivity contribution in [2.75, 3.05) is 6.54 Å². The van der Waals surface area contributed by atoms with Crippen molar-refractivity contribution in [2.45, 2.75) is 38.4 Å². The number of H-pyrrole nitrogens is 1. The molecule has 0 bridgehead atoms. The van der Waals surface area contributed by atoms with Crippen molar-refractivity contribution in [3.8, 4) is 0 Å². The van der Waals surface area contributed by atoms with E-state index < -0.39 is 0 Å². The van der Waals surface area contributed by atoms with Crippen LogP contribution in [0.3, 0.4) is 0 Å². The molecule has 25 heavy (non-hydrogen) atoms. The summed E-state index contributed by atoms with van der Waals surface area (Å²) < 4.78 is 3.27. The van der Waals surface area contributed by atoms with Gasteiger partial charge in [-0.15, -0.1) is 5.10 Å². The van der Waals surface area contributed by atoms with Crippen LogP contribution in [0.4, 0.5) is 0 Å². The summed E-state index contributed by atoms with van der Waals surface area (Å²) in [7, 11) is 0. The van der Waals surface area contributed by atoms with E-state index in [1.165, 1.54) is 4.57 Å². The molecule has 0 spiro atoms. The molecule has 1 amide bonds. The molecular weight excluding hydrogens is 320 g/mol. The second kappa shape index (κ2) is 6.54. The van der Waals surface area contributed by atoms with Gasteiger partial charge in [0.25, 0.3) is 0 Å². The quantitative estimate of drug-likeness (QED) is 0.767. The summed E-state index contributed by atoms with van der Waals surface area (Å²) in [5.41, 5.74) is 1.25. The zero-order valence-electron chi connectivity index (χ0n) is 13.8. The van der Waals surface area contributed by atoms with Crippen molar-refractivity contribution < 1.29 is 4.79 Å². The number of rotatable bonds is 4. The number of hydrogen-bond donors (Lipinski definition) is 1. The standard InChI is InChI=1S/C17H20N6O2/c24-16(12-23-15-7-2-1-6-14(15)19-17(23)25)22-9-4-3-5-13(22)11-21-10-8-18-20-21/h1-2,6-8,10,13H,3-5,9,11-12H2,(H,19,25). The predicted octanol–water partition coefficient (Wildman–Crippen LogP) is 1.00. The van der Waals surface area contributed by atoms with E-state index in [0.29, 0.717) is 6.54 Å². The molecule has 8 heteroatoms. The van der Waals surface area contributed by atoms with E-state index in [4.69, 9.17) is 0 Å². The number of imidazole rings is 1. The molecule has 3 aromatic rings. The predicted molar refractivity (Wildman–Crippen MR) is 91.9 cm³/mol. The highest BCUT2D eigenvalue weighted by atomic mass is 16.2. The Labute approximate surface area is 144 Å². The van der Waals surface area contributed by atoms with Gasteiger partial charge in [-0.3, -0.25) is 14.0 Å². The fraction of sp³-hybridized carbons (Fsp3) is 0.412. The highest BCUT2D eigenvalue weighted by Gasteiger charge is 2.27. The lowest BCUT2D eigenvalue weighted by atomic mass is 10.0. The monoisotopic (exact) mass is 340 g/mol. The maximum absolute atomic E-state index is 12.9. The lowest BCUT2D eigenvalue weighted by Crippen LogP contribution is -2.47. The van der Waals surface area contributed by atoms with Crippen molar-refractivity contribution in [1.29, 1.82) is 0 Å². The number of aromatic amines is 1. The van der Waals surface area contributed by atoms with Gasteiger partial charge in [-0.2, -0.15) is 0 Å². The van der Waals surface area contributed by atoms with E-state index in [2.05, 4.69) is 15.3 Å². The molecule has 1 aliphatic heterocycles. The van der Waals surface area contributed by atoms with Gasteiger partial charge in [-0.1, -0.05) is 17.3 Å². The molecule has 1 unspecified atom stereocenters. The van der Waals surface area contributed by atoms with Gasteiger partial charge in [-0.05, 0) is 31.4 Å². The first-order valence-corrected chi connectivity index (χ1v) is 8.53. The largest absolute Gasteiger partial charge is 0.336 e. The lowest BCUT2D eigenvalue weighted by Gasteiger charge is -2.35. The first-order valence-electron chi connectivity index (χ1n) is 8.53. The highest BCUT2D eigenvalue weighted by Crippen LogP contribution is 2.19. The Hall–Kier alpha value is -2.90. The number of carbonyl (C=O) groups excluding carboxylic acids is 1. The van der Waals surface area contributed by atoms with Crippen LogP contribution in [-0.2, 0) is 17.9 Å². The third kappa shape index (κ3) is 3.07. The third-order valence-electron chi connectivity index (χ3n) is 4.79. The highest BCUT2D eigenvalue weighted by molar-refractivity contribution is 5.80. The number of hydrogen-bond acceptors (Lipinski definition) is 4. The van der Waals surface area contributed by atoms with Crippen LogP contribution in [0.15, 0.2) is 41.5 Å². The Kier molecular flexibility index (Phi) is 4.09.